The Morgan fingerprint density at radius 3 is 1.75 bits per heavy atom. The van der Waals surface area contributed by atoms with Gasteiger partial charge in [-0.05, 0) is 87.1 Å². The largest absolute Gasteiger partial charge is 0.366 e. The minimum Gasteiger partial charge on any atom is -0.366 e. The van der Waals surface area contributed by atoms with Gasteiger partial charge in [-0.3, -0.25) is 0 Å². The molecular formula is C21H25FN2. The van der Waals surface area contributed by atoms with E-state index in [9.17, 15) is 4.39 Å². The van der Waals surface area contributed by atoms with Gasteiger partial charge in [-0.25, -0.2) is 4.39 Å². The van der Waals surface area contributed by atoms with Crippen LogP contribution in [-0.4, -0.2) is 19.1 Å². The second-order valence-electron chi connectivity index (χ2n) is 7.13. The van der Waals surface area contributed by atoms with E-state index in [4.69, 9.17) is 0 Å². The van der Waals surface area contributed by atoms with Crippen LogP contribution in [0.2, 0.25) is 0 Å². The highest BCUT2D eigenvalue weighted by atomic mass is 19.1. The van der Waals surface area contributed by atoms with Crippen molar-refractivity contribution in [2.75, 3.05) is 16.8 Å². The average molecular weight is 324 g/mol. The van der Waals surface area contributed by atoms with E-state index < -0.39 is 0 Å². The molecule has 3 heteroatoms. The van der Waals surface area contributed by atoms with E-state index in [1.54, 1.807) is 0 Å². The van der Waals surface area contributed by atoms with Crippen molar-refractivity contribution in [3.8, 4) is 0 Å². The van der Waals surface area contributed by atoms with Gasteiger partial charge in [-0.15, -0.1) is 0 Å². The molecule has 0 amide bonds. The number of piperidine rings is 2. The van der Waals surface area contributed by atoms with E-state index in [2.05, 4.69) is 34.1 Å². The van der Waals surface area contributed by atoms with Crippen LogP contribution in [0.5, 0.6) is 0 Å². The lowest BCUT2D eigenvalue weighted by atomic mass is 9.84. The van der Waals surface area contributed by atoms with Crippen molar-refractivity contribution in [3.63, 3.8) is 0 Å². The van der Waals surface area contributed by atoms with E-state index in [0.717, 1.165) is 23.5 Å². The lowest BCUT2D eigenvalue weighted by molar-refractivity contribution is 0.296. The summed E-state index contributed by atoms with van der Waals surface area (Å²) in [6.45, 7) is 0. The average Bonchev–Trinajstić information content (AvgIpc) is 2.61. The first-order valence-corrected chi connectivity index (χ1v) is 9.10. The maximum Gasteiger partial charge on any atom is 0.123 e. The molecule has 0 atom stereocenters. The van der Waals surface area contributed by atoms with Gasteiger partial charge in [0.2, 0.25) is 0 Å². The van der Waals surface area contributed by atoms with Crippen LogP contribution in [0, 0.1) is 5.82 Å². The molecule has 0 unspecified atom stereocenters. The predicted molar refractivity (Wildman–Crippen MR) is 98.7 cm³/mol. The number of halogens is 1. The SMILES string of the molecule is CN(c1ccc(F)cc1)c1ccc(N2C3CCCC2CCC3)cc1. The third-order valence-corrected chi connectivity index (χ3v) is 5.69. The smallest absolute Gasteiger partial charge is 0.123 e. The highest BCUT2D eigenvalue weighted by Crippen LogP contribution is 2.38. The molecule has 0 aromatic heterocycles. The van der Waals surface area contributed by atoms with Crippen molar-refractivity contribution in [2.24, 2.45) is 0 Å². The molecule has 24 heavy (non-hydrogen) atoms. The summed E-state index contributed by atoms with van der Waals surface area (Å²) in [6, 6.07) is 17.0. The van der Waals surface area contributed by atoms with Gasteiger partial charge in [0.25, 0.3) is 0 Å². The van der Waals surface area contributed by atoms with Crippen LogP contribution < -0.4 is 9.80 Å². The van der Waals surface area contributed by atoms with E-state index in [1.807, 2.05) is 19.2 Å². The summed E-state index contributed by atoms with van der Waals surface area (Å²) in [4.78, 5) is 4.77. The summed E-state index contributed by atoms with van der Waals surface area (Å²) in [6.07, 6.45) is 8.14. The van der Waals surface area contributed by atoms with Crippen molar-refractivity contribution in [1.29, 1.82) is 0 Å². The summed E-state index contributed by atoms with van der Waals surface area (Å²) in [5.41, 5.74) is 3.49. The second-order valence-corrected chi connectivity index (χ2v) is 7.13. The van der Waals surface area contributed by atoms with E-state index >= 15 is 0 Å². The molecule has 0 N–H and O–H groups in total. The van der Waals surface area contributed by atoms with Crippen LogP contribution in [0.4, 0.5) is 21.5 Å². The minimum absolute atomic E-state index is 0.195. The van der Waals surface area contributed by atoms with E-state index in [0.29, 0.717) is 0 Å². The molecule has 2 nitrogen and oxygen atoms in total. The predicted octanol–water partition coefficient (Wildman–Crippen LogP) is 5.51. The van der Waals surface area contributed by atoms with Crippen molar-refractivity contribution in [1.82, 2.24) is 0 Å². The van der Waals surface area contributed by atoms with Gasteiger partial charge < -0.3 is 9.80 Å². The number of benzene rings is 2. The summed E-state index contributed by atoms with van der Waals surface area (Å²) in [5, 5.41) is 0. The van der Waals surface area contributed by atoms with E-state index in [1.165, 1.54) is 56.3 Å². The summed E-state index contributed by atoms with van der Waals surface area (Å²) >= 11 is 0. The van der Waals surface area contributed by atoms with Gasteiger partial charge in [0, 0.05) is 36.2 Å². The van der Waals surface area contributed by atoms with Crippen LogP contribution in [0.25, 0.3) is 0 Å². The third kappa shape index (κ3) is 2.88. The molecule has 0 saturated carbocycles. The number of hydrogen-bond donors (Lipinski definition) is 0. The van der Waals surface area contributed by atoms with Crippen LogP contribution in [0.1, 0.15) is 38.5 Å². The normalized spacial score (nSPS) is 23.2. The minimum atomic E-state index is -0.195. The zero-order chi connectivity index (χ0) is 16.5. The molecule has 2 aliphatic heterocycles. The standard InChI is InChI=1S/C21H25FN2/c1-23(17-10-8-16(22)9-11-17)18-12-14-21(15-13-18)24-19-4-2-5-20(24)7-3-6-19/h8-15,19-20H,2-7H2,1H3. The first kappa shape index (κ1) is 15.5. The lowest BCUT2D eigenvalue weighted by Gasteiger charge is -2.48. The molecule has 0 spiro atoms. The van der Waals surface area contributed by atoms with Gasteiger partial charge in [0.1, 0.15) is 5.82 Å². The van der Waals surface area contributed by atoms with Gasteiger partial charge in [-0.1, -0.05) is 0 Å². The van der Waals surface area contributed by atoms with Crippen molar-refractivity contribution in [2.45, 2.75) is 50.6 Å². The molecule has 0 aliphatic carbocycles. The van der Waals surface area contributed by atoms with Gasteiger partial charge in [0.05, 0.1) is 0 Å². The molecule has 126 valence electrons. The number of fused-ring (bicyclic) bond motifs is 2. The Balaban J connectivity index is 1.55. The first-order chi connectivity index (χ1) is 11.7. The van der Waals surface area contributed by atoms with Crippen molar-refractivity contribution < 1.29 is 4.39 Å². The number of hydrogen-bond acceptors (Lipinski definition) is 2. The number of anilines is 3. The third-order valence-electron chi connectivity index (χ3n) is 5.69. The summed E-state index contributed by atoms with van der Waals surface area (Å²) in [5.74, 6) is -0.195. The molecular weight excluding hydrogens is 299 g/mol. The molecule has 2 aromatic rings. The van der Waals surface area contributed by atoms with Crippen molar-refractivity contribution >= 4 is 17.1 Å². The fourth-order valence-corrected chi connectivity index (χ4v) is 4.41. The van der Waals surface area contributed by atoms with Gasteiger partial charge in [0.15, 0.2) is 0 Å². The Hall–Kier alpha value is -2.03. The highest BCUT2D eigenvalue weighted by Gasteiger charge is 2.33. The van der Waals surface area contributed by atoms with E-state index in [-0.39, 0.29) is 5.82 Å². The van der Waals surface area contributed by atoms with Crippen LogP contribution in [0.15, 0.2) is 48.5 Å². The molecule has 2 saturated heterocycles. The number of rotatable bonds is 3. The Morgan fingerprint density at radius 2 is 1.25 bits per heavy atom. The maximum absolute atomic E-state index is 13.1. The molecule has 2 aliphatic rings. The summed E-state index contributed by atoms with van der Waals surface area (Å²) < 4.78 is 13.1. The Bertz CT molecular complexity index is 658. The Labute approximate surface area is 143 Å². The second kappa shape index (κ2) is 6.46. The zero-order valence-corrected chi connectivity index (χ0v) is 14.3. The topological polar surface area (TPSA) is 6.48 Å². The zero-order valence-electron chi connectivity index (χ0n) is 14.3. The Morgan fingerprint density at radius 1 is 0.792 bits per heavy atom. The van der Waals surface area contributed by atoms with Gasteiger partial charge in [-0.2, -0.15) is 0 Å². The van der Waals surface area contributed by atoms with Crippen LogP contribution >= 0.6 is 0 Å². The summed E-state index contributed by atoms with van der Waals surface area (Å²) in [7, 11) is 2.03. The molecule has 2 bridgehead atoms. The van der Waals surface area contributed by atoms with Crippen LogP contribution in [-0.2, 0) is 0 Å². The molecule has 4 rings (SSSR count). The number of nitrogens with zero attached hydrogens (tertiary/aromatic N) is 2. The molecule has 2 heterocycles. The molecule has 2 aromatic carbocycles. The highest BCUT2D eigenvalue weighted by molar-refractivity contribution is 5.65. The molecule has 0 radical (unpaired) electrons. The fourth-order valence-electron chi connectivity index (χ4n) is 4.41. The molecule has 2 fully saturated rings. The lowest BCUT2D eigenvalue weighted by Crippen LogP contribution is -2.49. The monoisotopic (exact) mass is 324 g/mol. The quantitative estimate of drug-likeness (QED) is 0.735. The maximum atomic E-state index is 13.1. The fraction of sp³-hybridized carbons (Fsp3) is 0.429. The first-order valence-electron chi connectivity index (χ1n) is 9.10. The van der Waals surface area contributed by atoms with Crippen molar-refractivity contribution in [3.05, 3.63) is 54.3 Å². The van der Waals surface area contributed by atoms with Gasteiger partial charge >= 0.3 is 0 Å². The van der Waals surface area contributed by atoms with Crippen LogP contribution in [0.3, 0.4) is 0 Å². The Kier molecular flexibility index (Phi) is 4.17.